The maximum absolute atomic E-state index is 13.6. The van der Waals surface area contributed by atoms with Crippen LogP contribution in [0.4, 0.5) is 10.1 Å². The van der Waals surface area contributed by atoms with E-state index in [4.69, 9.17) is 0 Å². The van der Waals surface area contributed by atoms with E-state index < -0.39 is 34.3 Å². The van der Waals surface area contributed by atoms with Crippen molar-refractivity contribution >= 4 is 27.5 Å². The zero-order chi connectivity index (χ0) is 26.3. The molecule has 1 N–H and O–H groups in total. The first-order valence-electron chi connectivity index (χ1n) is 11.7. The van der Waals surface area contributed by atoms with Gasteiger partial charge in [-0.15, -0.1) is 0 Å². The molecule has 0 radical (unpaired) electrons. The highest BCUT2D eigenvalue weighted by Crippen LogP contribution is 2.29. The fourth-order valence-electron chi connectivity index (χ4n) is 3.62. The number of hydrogen-bond acceptors (Lipinski definition) is 4. The summed E-state index contributed by atoms with van der Waals surface area (Å²) < 4.78 is 40.1. The second-order valence-electron chi connectivity index (χ2n) is 9.45. The molecule has 2 aromatic carbocycles. The maximum atomic E-state index is 13.6. The lowest BCUT2D eigenvalue weighted by Crippen LogP contribution is -2.51. The highest BCUT2D eigenvalue weighted by molar-refractivity contribution is 7.92. The number of anilines is 1. The third-order valence-electron chi connectivity index (χ3n) is 5.62. The van der Waals surface area contributed by atoms with Gasteiger partial charge in [0, 0.05) is 13.1 Å². The van der Waals surface area contributed by atoms with Gasteiger partial charge in [0.05, 0.1) is 11.9 Å². The molecule has 0 saturated heterocycles. The Morgan fingerprint density at radius 1 is 0.971 bits per heavy atom. The number of sulfonamides is 1. The minimum absolute atomic E-state index is 0.0266. The van der Waals surface area contributed by atoms with Crippen molar-refractivity contribution in [3.8, 4) is 0 Å². The van der Waals surface area contributed by atoms with E-state index in [0.29, 0.717) is 17.8 Å². The van der Waals surface area contributed by atoms with Crippen LogP contribution in [0.25, 0.3) is 0 Å². The largest absolute Gasteiger partial charge is 0.354 e. The molecule has 192 valence electrons. The Morgan fingerprint density at radius 2 is 1.57 bits per heavy atom. The molecule has 2 amide bonds. The lowest BCUT2D eigenvalue weighted by atomic mass is 10.0. The van der Waals surface area contributed by atoms with Crippen LogP contribution >= 0.6 is 0 Å². The molecule has 0 aliphatic carbocycles. The summed E-state index contributed by atoms with van der Waals surface area (Å²) >= 11 is 0. The smallest absolute Gasteiger partial charge is 0.244 e. The zero-order valence-electron chi connectivity index (χ0n) is 21.3. The fourth-order valence-corrected chi connectivity index (χ4v) is 4.49. The summed E-state index contributed by atoms with van der Waals surface area (Å²) in [5.41, 5.74) is 1.84. The van der Waals surface area contributed by atoms with Gasteiger partial charge in [-0.05, 0) is 48.1 Å². The Morgan fingerprint density at radius 3 is 2.11 bits per heavy atom. The molecule has 9 heteroatoms. The van der Waals surface area contributed by atoms with Gasteiger partial charge in [-0.25, -0.2) is 12.8 Å². The summed E-state index contributed by atoms with van der Waals surface area (Å²) in [4.78, 5) is 27.7. The Hall–Kier alpha value is -2.94. The third kappa shape index (κ3) is 8.06. The average Bonchev–Trinajstić information content (AvgIpc) is 2.79. The fraction of sp³-hybridized carbons (Fsp3) is 0.462. The number of rotatable bonds is 11. The van der Waals surface area contributed by atoms with Crippen LogP contribution in [0.3, 0.4) is 0 Å². The summed E-state index contributed by atoms with van der Waals surface area (Å²) in [6.45, 7) is 9.42. The molecule has 0 fully saturated rings. The molecule has 35 heavy (non-hydrogen) atoms. The number of nitrogens with one attached hydrogen (secondary N) is 1. The molecule has 1 atom stereocenters. The molecule has 0 unspecified atom stereocenters. The molecule has 2 rings (SSSR count). The molecule has 0 saturated carbocycles. The number of hydrogen-bond donors (Lipinski definition) is 1. The van der Waals surface area contributed by atoms with E-state index in [1.165, 1.54) is 29.2 Å². The lowest BCUT2D eigenvalue weighted by molar-refractivity contribution is -0.139. The standard InChI is InChI=1S/C26H36FN3O4S/c1-18(2)15-28-26(32)20(5)29(16-21-11-13-22(27)14-12-21)25(31)17-30(35(6,33)34)24-10-8-7-9-23(24)19(3)4/h7-14,18-20H,15-17H2,1-6H3,(H,28,32)/t20-/m1/s1. The quantitative estimate of drug-likeness (QED) is 0.502. The van der Waals surface area contributed by atoms with Crippen molar-refractivity contribution in [1.82, 2.24) is 10.2 Å². The predicted molar refractivity (Wildman–Crippen MR) is 137 cm³/mol. The van der Waals surface area contributed by atoms with Gasteiger partial charge < -0.3 is 10.2 Å². The summed E-state index contributed by atoms with van der Waals surface area (Å²) in [6.07, 6.45) is 1.06. The average molecular weight is 506 g/mol. The predicted octanol–water partition coefficient (Wildman–Crippen LogP) is 3.90. The first-order valence-corrected chi connectivity index (χ1v) is 13.5. The van der Waals surface area contributed by atoms with Gasteiger partial charge in [0.25, 0.3) is 0 Å². The van der Waals surface area contributed by atoms with Crippen LogP contribution in [0.15, 0.2) is 48.5 Å². The van der Waals surface area contributed by atoms with E-state index >= 15 is 0 Å². The van der Waals surface area contributed by atoms with Gasteiger partial charge in [-0.1, -0.05) is 58.0 Å². The second kappa shape index (κ2) is 12.2. The van der Waals surface area contributed by atoms with Crippen LogP contribution in [-0.2, 0) is 26.2 Å². The highest BCUT2D eigenvalue weighted by Gasteiger charge is 2.31. The molecular weight excluding hydrogens is 469 g/mol. The van der Waals surface area contributed by atoms with Crippen LogP contribution < -0.4 is 9.62 Å². The van der Waals surface area contributed by atoms with Gasteiger partial charge in [-0.3, -0.25) is 13.9 Å². The first-order chi connectivity index (χ1) is 16.3. The molecule has 0 heterocycles. The van der Waals surface area contributed by atoms with Crippen molar-refractivity contribution in [2.45, 2.75) is 53.1 Å². The van der Waals surface area contributed by atoms with Gasteiger partial charge in [0.1, 0.15) is 18.4 Å². The van der Waals surface area contributed by atoms with E-state index in [9.17, 15) is 22.4 Å². The zero-order valence-corrected chi connectivity index (χ0v) is 22.1. The highest BCUT2D eigenvalue weighted by atomic mass is 32.2. The normalized spacial score (nSPS) is 12.5. The maximum Gasteiger partial charge on any atom is 0.244 e. The van der Waals surface area contributed by atoms with Crippen molar-refractivity contribution in [2.24, 2.45) is 5.92 Å². The van der Waals surface area contributed by atoms with E-state index in [2.05, 4.69) is 5.32 Å². The topological polar surface area (TPSA) is 86.8 Å². The Balaban J connectivity index is 2.42. The monoisotopic (exact) mass is 505 g/mol. The molecule has 0 spiro atoms. The van der Waals surface area contributed by atoms with Crippen molar-refractivity contribution in [3.05, 3.63) is 65.5 Å². The molecule has 0 aliphatic rings. The number of benzene rings is 2. The first kappa shape index (κ1) is 28.3. The SMILES string of the molecule is CC(C)CNC(=O)[C@@H](C)N(Cc1ccc(F)cc1)C(=O)CN(c1ccccc1C(C)C)S(C)(=O)=O. The van der Waals surface area contributed by atoms with Crippen LogP contribution in [-0.4, -0.2) is 50.5 Å². The van der Waals surface area contributed by atoms with Crippen LogP contribution in [0.2, 0.25) is 0 Å². The van der Waals surface area contributed by atoms with Crippen LogP contribution in [0.1, 0.15) is 51.7 Å². The summed E-state index contributed by atoms with van der Waals surface area (Å²) in [7, 11) is -3.81. The van der Waals surface area contributed by atoms with Crippen LogP contribution in [0.5, 0.6) is 0 Å². The van der Waals surface area contributed by atoms with Gasteiger partial charge >= 0.3 is 0 Å². The number of carbonyl (C=O) groups is 2. The molecule has 7 nitrogen and oxygen atoms in total. The van der Waals surface area contributed by atoms with Crippen LogP contribution in [0, 0.1) is 11.7 Å². The Labute approximate surface area is 208 Å². The summed E-state index contributed by atoms with van der Waals surface area (Å²) in [5, 5.41) is 2.83. The van der Waals surface area contributed by atoms with E-state index in [0.717, 1.165) is 16.1 Å². The second-order valence-corrected chi connectivity index (χ2v) is 11.4. The molecular formula is C26H36FN3O4S. The third-order valence-corrected chi connectivity index (χ3v) is 6.75. The van der Waals surface area contributed by atoms with Crippen molar-refractivity contribution in [3.63, 3.8) is 0 Å². The van der Waals surface area contributed by atoms with Gasteiger partial charge in [-0.2, -0.15) is 0 Å². The minimum Gasteiger partial charge on any atom is -0.354 e. The van der Waals surface area contributed by atoms with E-state index in [1.54, 1.807) is 19.1 Å². The van der Waals surface area contributed by atoms with Gasteiger partial charge in [0.15, 0.2) is 0 Å². The van der Waals surface area contributed by atoms with Crippen molar-refractivity contribution < 1.29 is 22.4 Å². The van der Waals surface area contributed by atoms with Gasteiger partial charge in [0.2, 0.25) is 21.8 Å². The van der Waals surface area contributed by atoms with Crippen molar-refractivity contribution in [2.75, 3.05) is 23.7 Å². The number of para-hydroxylation sites is 1. The van der Waals surface area contributed by atoms with E-state index in [1.807, 2.05) is 39.8 Å². The number of carbonyl (C=O) groups excluding carboxylic acids is 2. The number of amides is 2. The van der Waals surface area contributed by atoms with E-state index in [-0.39, 0.29) is 24.3 Å². The number of nitrogens with zero attached hydrogens (tertiary/aromatic N) is 2. The summed E-state index contributed by atoms with van der Waals surface area (Å²) in [6, 6.07) is 11.8. The molecule has 0 aliphatic heterocycles. The Bertz CT molecular complexity index is 1120. The molecule has 0 aromatic heterocycles. The molecule has 2 aromatic rings. The lowest BCUT2D eigenvalue weighted by Gasteiger charge is -2.32. The minimum atomic E-state index is -3.81. The number of halogens is 1. The summed E-state index contributed by atoms with van der Waals surface area (Å²) in [5.74, 6) is -1.04. The van der Waals surface area contributed by atoms with Crippen molar-refractivity contribution in [1.29, 1.82) is 0 Å². The molecule has 0 bridgehead atoms. The Kier molecular flexibility index (Phi) is 9.82.